The zero-order chi connectivity index (χ0) is 13.9. The highest BCUT2D eigenvalue weighted by Crippen LogP contribution is 2.18. The van der Waals surface area contributed by atoms with Crippen molar-refractivity contribution >= 4 is 15.6 Å². The molecule has 1 atom stereocenters. The molecule has 1 rings (SSSR count). The van der Waals surface area contributed by atoms with Crippen LogP contribution in [0, 0.1) is 0 Å². The van der Waals surface area contributed by atoms with Gasteiger partial charge in [-0.05, 0) is 37.0 Å². The predicted molar refractivity (Wildman–Crippen MR) is 73.8 cm³/mol. The SMILES string of the molecule is CCc1ccc(CC)c(C(=O)C(C)S(C)(=O)=O)c1. The average molecular weight is 268 g/mol. The smallest absolute Gasteiger partial charge is 0.180 e. The molecule has 0 aliphatic carbocycles. The molecular weight excluding hydrogens is 248 g/mol. The number of Topliss-reactive ketones (excluding diaryl/α,β-unsaturated/α-hetero) is 1. The second-order valence-corrected chi connectivity index (χ2v) is 6.90. The molecule has 18 heavy (non-hydrogen) atoms. The maximum atomic E-state index is 12.3. The van der Waals surface area contributed by atoms with Crippen LogP contribution in [0.5, 0.6) is 0 Å². The van der Waals surface area contributed by atoms with Crippen molar-refractivity contribution in [1.29, 1.82) is 0 Å². The minimum atomic E-state index is -3.34. The normalized spacial score (nSPS) is 13.3. The number of hydrogen-bond donors (Lipinski definition) is 0. The highest BCUT2D eigenvalue weighted by atomic mass is 32.2. The molecule has 0 spiro atoms. The molecule has 100 valence electrons. The predicted octanol–water partition coefficient (Wildman–Crippen LogP) is 2.43. The Kier molecular flexibility index (Phi) is 4.68. The molecule has 1 unspecified atom stereocenters. The lowest BCUT2D eigenvalue weighted by Crippen LogP contribution is -2.27. The lowest BCUT2D eigenvalue weighted by Gasteiger charge is -2.13. The Bertz CT molecular complexity index is 544. The van der Waals surface area contributed by atoms with E-state index in [2.05, 4.69) is 0 Å². The molecule has 0 aromatic heterocycles. The van der Waals surface area contributed by atoms with Crippen LogP contribution < -0.4 is 0 Å². The fourth-order valence-electron chi connectivity index (χ4n) is 1.79. The summed E-state index contributed by atoms with van der Waals surface area (Å²) < 4.78 is 23.0. The van der Waals surface area contributed by atoms with Gasteiger partial charge >= 0.3 is 0 Å². The van der Waals surface area contributed by atoms with Gasteiger partial charge in [-0.15, -0.1) is 0 Å². The number of ketones is 1. The standard InChI is InChI=1S/C14H20O3S/c1-5-11-7-8-12(6-2)13(9-11)14(15)10(3)18(4,16)17/h7-10H,5-6H2,1-4H3. The summed E-state index contributed by atoms with van der Waals surface area (Å²) in [5.74, 6) is -0.301. The largest absolute Gasteiger partial charge is 0.293 e. The van der Waals surface area contributed by atoms with Crippen molar-refractivity contribution in [3.63, 3.8) is 0 Å². The molecule has 0 heterocycles. The van der Waals surface area contributed by atoms with Crippen LogP contribution in [0.15, 0.2) is 18.2 Å². The second-order valence-electron chi connectivity index (χ2n) is 4.53. The van der Waals surface area contributed by atoms with Gasteiger partial charge in [0.2, 0.25) is 0 Å². The Balaban J connectivity index is 3.27. The Morgan fingerprint density at radius 2 is 1.83 bits per heavy atom. The number of rotatable bonds is 5. The van der Waals surface area contributed by atoms with E-state index in [9.17, 15) is 13.2 Å². The van der Waals surface area contributed by atoms with E-state index >= 15 is 0 Å². The molecule has 0 radical (unpaired) electrons. The summed E-state index contributed by atoms with van der Waals surface area (Å²) in [5, 5.41) is -0.977. The monoisotopic (exact) mass is 268 g/mol. The van der Waals surface area contributed by atoms with Gasteiger partial charge < -0.3 is 0 Å². The van der Waals surface area contributed by atoms with Crippen molar-refractivity contribution in [3.05, 3.63) is 34.9 Å². The first-order valence-corrected chi connectivity index (χ1v) is 8.11. The Morgan fingerprint density at radius 1 is 1.22 bits per heavy atom. The third-order valence-corrected chi connectivity index (χ3v) is 4.74. The first kappa shape index (κ1) is 14.9. The molecule has 1 aromatic carbocycles. The summed E-state index contributed by atoms with van der Waals surface area (Å²) in [5.41, 5.74) is 2.51. The molecule has 3 nitrogen and oxygen atoms in total. The second kappa shape index (κ2) is 5.65. The highest BCUT2D eigenvalue weighted by Gasteiger charge is 2.26. The molecule has 4 heteroatoms. The third kappa shape index (κ3) is 3.19. The molecule has 1 aromatic rings. The van der Waals surface area contributed by atoms with Crippen LogP contribution in [-0.4, -0.2) is 25.7 Å². The van der Waals surface area contributed by atoms with Crippen LogP contribution in [0.4, 0.5) is 0 Å². The fourth-order valence-corrected chi connectivity index (χ4v) is 2.31. The van der Waals surface area contributed by atoms with Crippen LogP contribution >= 0.6 is 0 Å². The van der Waals surface area contributed by atoms with Gasteiger partial charge in [-0.2, -0.15) is 0 Å². The number of aryl methyl sites for hydroxylation is 2. The third-order valence-electron chi connectivity index (χ3n) is 3.24. The quantitative estimate of drug-likeness (QED) is 0.771. The van der Waals surface area contributed by atoms with Gasteiger partial charge in [0, 0.05) is 11.8 Å². The summed E-state index contributed by atoms with van der Waals surface area (Å²) >= 11 is 0. The van der Waals surface area contributed by atoms with E-state index in [0.717, 1.165) is 30.2 Å². The minimum Gasteiger partial charge on any atom is -0.293 e. The van der Waals surface area contributed by atoms with E-state index in [1.807, 2.05) is 32.0 Å². The maximum absolute atomic E-state index is 12.3. The first-order valence-electron chi connectivity index (χ1n) is 6.16. The lowest BCUT2D eigenvalue weighted by molar-refractivity contribution is 0.0990. The van der Waals surface area contributed by atoms with Crippen molar-refractivity contribution in [2.24, 2.45) is 0 Å². The average Bonchev–Trinajstić information content (AvgIpc) is 2.35. The van der Waals surface area contributed by atoms with Crippen molar-refractivity contribution < 1.29 is 13.2 Å². The van der Waals surface area contributed by atoms with Gasteiger partial charge in [0.25, 0.3) is 0 Å². The lowest BCUT2D eigenvalue weighted by atomic mass is 9.96. The van der Waals surface area contributed by atoms with E-state index in [1.54, 1.807) is 0 Å². The molecular formula is C14H20O3S. The summed E-state index contributed by atoms with van der Waals surface area (Å²) in [4.78, 5) is 12.3. The minimum absolute atomic E-state index is 0.301. The Morgan fingerprint density at radius 3 is 2.28 bits per heavy atom. The fraction of sp³-hybridized carbons (Fsp3) is 0.500. The molecule has 0 aliphatic rings. The van der Waals surface area contributed by atoms with Crippen LogP contribution in [0.2, 0.25) is 0 Å². The van der Waals surface area contributed by atoms with Crippen molar-refractivity contribution in [3.8, 4) is 0 Å². The molecule has 0 saturated heterocycles. The number of benzene rings is 1. The Hall–Kier alpha value is -1.16. The zero-order valence-corrected chi connectivity index (χ0v) is 12.2. The number of carbonyl (C=O) groups is 1. The van der Waals surface area contributed by atoms with Gasteiger partial charge in [0.05, 0.1) is 0 Å². The summed E-state index contributed by atoms with van der Waals surface area (Å²) in [6.45, 7) is 5.42. The van der Waals surface area contributed by atoms with E-state index in [-0.39, 0.29) is 5.78 Å². The van der Waals surface area contributed by atoms with Crippen LogP contribution in [0.25, 0.3) is 0 Å². The molecule has 0 N–H and O–H groups in total. The molecule has 0 amide bonds. The van der Waals surface area contributed by atoms with Crippen LogP contribution in [-0.2, 0) is 22.7 Å². The van der Waals surface area contributed by atoms with E-state index in [4.69, 9.17) is 0 Å². The highest BCUT2D eigenvalue weighted by molar-refractivity contribution is 7.92. The number of hydrogen-bond acceptors (Lipinski definition) is 3. The van der Waals surface area contributed by atoms with E-state index in [1.165, 1.54) is 6.92 Å². The van der Waals surface area contributed by atoms with Gasteiger partial charge in [-0.1, -0.05) is 26.0 Å². The maximum Gasteiger partial charge on any atom is 0.180 e. The zero-order valence-electron chi connectivity index (χ0n) is 11.4. The summed E-state index contributed by atoms with van der Waals surface area (Å²) in [7, 11) is -3.34. The van der Waals surface area contributed by atoms with Crippen LogP contribution in [0.3, 0.4) is 0 Å². The van der Waals surface area contributed by atoms with Crippen LogP contribution in [0.1, 0.15) is 42.3 Å². The molecule has 0 saturated carbocycles. The topological polar surface area (TPSA) is 51.2 Å². The number of sulfone groups is 1. The Labute approximate surface area is 109 Å². The van der Waals surface area contributed by atoms with Gasteiger partial charge in [0.1, 0.15) is 5.25 Å². The summed E-state index contributed by atoms with van der Waals surface area (Å²) in [6.07, 6.45) is 2.66. The molecule has 0 aliphatic heterocycles. The van der Waals surface area contributed by atoms with Crippen molar-refractivity contribution in [2.75, 3.05) is 6.26 Å². The first-order chi connectivity index (χ1) is 8.31. The van der Waals surface area contributed by atoms with E-state index < -0.39 is 15.1 Å². The van der Waals surface area contributed by atoms with Gasteiger partial charge in [-0.3, -0.25) is 4.79 Å². The number of carbonyl (C=O) groups excluding carboxylic acids is 1. The van der Waals surface area contributed by atoms with Gasteiger partial charge in [0.15, 0.2) is 15.6 Å². The summed E-state index contributed by atoms with van der Waals surface area (Å²) in [6, 6.07) is 5.73. The van der Waals surface area contributed by atoms with Crippen molar-refractivity contribution in [2.45, 2.75) is 38.9 Å². The van der Waals surface area contributed by atoms with Gasteiger partial charge in [-0.25, -0.2) is 8.42 Å². The van der Waals surface area contributed by atoms with E-state index in [0.29, 0.717) is 5.56 Å². The molecule has 0 fully saturated rings. The molecule has 0 bridgehead atoms. The van der Waals surface area contributed by atoms with Crippen molar-refractivity contribution in [1.82, 2.24) is 0 Å².